The van der Waals surface area contributed by atoms with Crippen LogP contribution in [0.5, 0.6) is 0 Å². The zero-order valence-electron chi connectivity index (χ0n) is 16.1. The molecule has 0 unspecified atom stereocenters. The van der Waals surface area contributed by atoms with Gasteiger partial charge >= 0.3 is 5.97 Å². The van der Waals surface area contributed by atoms with Crippen molar-refractivity contribution in [2.75, 3.05) is 0 Å². The van der Waals surface area contributed by atoms with Crippen molar-refractivity contribution in [1.82, 2.24) is 5.32 Å². The number of carbonyl (C=O) groups is 2. The monoisotopic (exact) mass is 381 g/mol. The zero-order chi connectivity index (χ0) is 20.5. The molecule has 2 rings (SSSR count). The van der Waals surface area contributed by atoms with Crippen LogP contribution in [0.1, 0.15) is 31.7 Å². The second-order valence-corrected chi connectivity index (χ2v) is 7.07. The maximum Gasteiger partial charge on any atom is 0.306 e. The van der Waals surface area contributed by atoms with E-state index >= 15 is 0 Å². The maximum atomic E-state index is 12.1. The topological polar surface area (TPSA) is 86.6 Å². The minimum atomic E-state index is -0.887. The van der Waals surface area contributed by atoms with Gasteiger partial charge in [-0.05, 0) is 29.5 Å². The minimum absolute atomic E-state index is 0.0397. The number of amides is 1. The number of allylic oxidation sites excluding steroid dienone is 1. The number of rotatable bonds is 10. The number of nitrogens with one attached hydrogen (secondary N) is 1. The molecule has 5 nitrogen and oxygen atoms in total. The van der Waals surface area contributed by atoms with Crippen LogP contribution in [0.2, 0.25) is 0 Å². The van der Waals surface area contributed by atoms with E-state index < -0.39 is 11.9 Å². The molecule has 28 heavy (non-hydrogen) atoms. The Morgan fingerprint density at radius 3 is 2.14 bits per heavy atom. The molecule has 0 saturated heterocycles. The molecule has 0 radical (unpaired) electrons. The summed E-state index contributed by atoms with van der Waals surface area (Å²) >= 11 is 0. The lowest BCUT2D eigenvalue weighted by atomic mass is 9.94. The Balaban J connectivity index is 2.06. The third-order valence-electron chi connectivity index (χ3n) is 4.61. The number of hydrogen-bond acceptors (Lipinski definition) is 3. The normalized spacial score (nSPS) is 12.8. The van der Waals surface area contributed by atoms with E-state index in [1.165, 1.54) is 0 Å². The summed E-state index contributed by atoms with van der Waals surface area (Å²) in [6.45, 7) is 5.01. The SMILES string of the molecule is C=C(O)CCC(=O)N[C@H](Cc1ccc(-c2ccccc2)cc1)C[C@@H](C)C(=O)O. The van der Waals surface area contributed by atoms with Gasteiger partial charge < -0.3 is 15.5 Å². The Kier molecular flexibility index (Phi) is 7.81. The first-order valence-electron chi connectivity index (χ1n) is 9.38. The van der Waals surface area contributed by atoms with Crippen molar-refractivity contribution in [3.63, 3.8) is 0 Å². The second-order valence-electron chi connectivity index (χ2n) is 7.07. The summed E-state index contributed by atoms with van der Waals surface area (Å²) in [6, 6.07) is 17.8. The quantitative estimate of drug-likeness (QED) is 0.534. The average Bonchev–Trinajstić information content (AvgIpc) is 2.67. The van der Waals surface area contributed by atoms with Gasteiger partial charge in [-0.3, -0.25) is 9.59 Å². The summed E-state index contributed by atoms with van der Waals surface area (Å²) in [5.74, 6) is -1.72. The number of benzene rings is 2. The Morgan fingerprint density at radius 2 is 1.57 bits per heavy atom. The fourth-order valence-electron chi connectivity index (χ4n) is 3.03. The van der Waals surface area contributed by atoms with Gasteiger partial charge in [0.2, 0.25) is 5.91 Å². The van der Waals surface area contributed by atoms with E-state index in [2.05, 4.69) is 11.9 Å². The largest absolute Gasteiger partial charge is 0.513 e. The van der Waals surface area contributed by atoms with Gasteiger partial charge in [0.25, 0.3) is 0 Å². The first-order valence-corrected chi connectivity index (χ1v) is 9.38. The highest BCUT2D eigenvalue weighted by Crippen LogP contribution is 2.20. The van der Waals surface area contributed by atoms with Crippen molar-refractivity contribution in [2.24, 2.45) is 5.92 Å². The van der Waals surface area contributed by atoms with Gasteiger partial charge in [-0.2, -0.15) is 0 Å². The zero-order valence-corrected chi connectivity index (χ0v) is 16.1. The number of carboxylic acid groups (broad SMARTS) is 1. The summed E-state index contributed by atoms with van der Waals surface area (Å²) < 4.78 is 0. The molecule has 0 fully saturated rings. The highest BCUT2D eigenvalue weighted by molar-refractivity contribution is 5.76. The predicted molar refractivity (Wildman–Crippen MR) is 110 cm³/mol. The fourth-order valence-corrected chi connectivity index (χ4v) is 3.03. The molecule has 0 bridgehead atoms. The highest BCUT2D eigenvalue weighted by Gasteiger charge is 2.20. The summed E-state index contributed by atoms with van der Waals surface area (Å²) in [4.78, 5) is 23.4. The van der Waals surface area contributed by atoms with Crippen molar-refractivity contribution in [3.05, 3.63) is 72.5 Å². The van der Waals surface area contributed by atoms with E-state index in [4.69, 9.17) is 5.11 Å². The molecule has 1 amide bonds. The Morgan fingerprint density at radius 1 is 0.964 bits per heavy atom. The molecule has 0 saturated carbocycles. The van der Waals surface area contributed by atoms with E-state index in [0.717, 1.165) is 16.7 Å². The van der Waals surface area contributed by atoms with Crippen molar-refractivity contribution in [1.29, 1.82) is 0 Å². The lowest BCUT2D eigenvalue weighted by Gasteiger charge is -2.21. The second kappa shape index (κ2) is 10.3. The van der Waals surface area contributed by atoms with E-state index in [1.807, 2.05) is 54.6 Å². The van der Waals surface area contributed by atoms with Crippen LogP contribution in [-0.4, -0.2) is 28.1 Å². The van der Waals surface area contributed by atoms with E-state index in [-0.39, 0.29) is 30.5 Å². The van der Waals surface area contributed by atoms with Crippen LogP contribution < -0.4 is 5.32 Å². The van der Waals surface area contributed by atoms with Crippen LogP contribution in [0.25, 0.3) is 11.1 Å². The fraction of sp³-hybridized carbons (Fsp3) is 0.304. The van der Waals surface area contributed by atoms with Gasteiger partial charge in [0.1, 0.15) is 0 Å². The molecule has 3 N–H and O–H groups in total. The molecule has 0 aliphatic heterocycles. The average molecular weight is 381 g/mol. The number of aliphatic hydroxyl groups is 1. The molecule has 2 aromatic carbocycles. The summed E-state index contributed by atoms with van der Waals surface area (Å²) in [5.41, 5.74) is 3.25. The molecule has 0 spiro atoms. The Bertz CT molecular complexity index is 799. The highest BCUT2D eigenvalue weighted by atomic mass is 16.4. The number of carboxylic acids is 1. The number of aliphatic hydroxyl groups excluding tert-OH is 1. The van der Waals surface area contributed by atoms with Gasteiger partial charge in [-0.25, -0.2) is 0 Å². The number of carbonyl (C=O) groups excluding carboxylic acids is 1. The summed E-state index contributed by atoms with van der Waals surface area (Å²) in [7, 11) is 0. The van der Waals surface area contributed by atoms with Gasteiger partial charge in [0, 0.05) is 18.9 Å². The molecule has 5 heteroatoms. The minimum Gasteiger partial charge on any atom is -0.513 e. The standard InChI is InChI=1S/C23H27NO4/c1-16(23(27)28)14-21(24-22(26)13-8-17(2)25)15-18-9-11-20(12-10-18)19-6-4-3-5-7-19/h3-7,9-12,16,21,25H,2,8,13-15H2,1H3,(H,24,26)(H,27,28)/t16-,21+/m1/s1. The molecule has 0 heterocycles. The van der Waals surface area contributed by atoms with E-state index in [1.54, 1.807) is 6.92 Å². The first-order chi connectivity index (χ1) is 13.3. The van der Waals surface area contributed by atoms with Crippen LogP contribution in [-0.2, 0) is 16.0 Å². The molecular formula is C23H27NO4. The molecule has 0 aliphatic rings. The molecule has 2 atom stereocenters. The van der Waals surface area contributed by atoms with Crippen molar-refractivity contribution >= 4 is 11.9 Å². The maximum absolute atomic E-state index is 12.1. The third-order valence-corrected chi connectivity index (χ3v) is 4.61. The number of aliphatic carboxylic acids is 1. The molecule has 148 valence electrons. The molecular weight excluding hydrogens is 354 g/mol. The Labute approximate surface area is 165 Å². The van der Waals surface area contributed by atoms with Crippen LogP contribution in [0, 0.1) is 5.92 Å². The first kappa shape index (κ1) is 21.2. The van der Waals surface area contributed by atoms with E-state index in [0.29, 0.717) is 12.8 Å². The molecule has 2 aromatic rings. The van der Waals surface area contributed by atoms with Gasteiger partial charge in [0.05, 0.1) is 11.7 Å². The van der Waals surface area contributed by atoms with Gasteiger partial charge in [-0.15, -0.1) is 0 Å². The third kappa shape index (κ3) is 6.91. The van der Waals surface area contributed by atoms with Crippen molar-refractivity contribution in [2.45, 2.75) is 38.6 Å². The van der Waals surface area contributed by atoms with Gasteiger partial charge in [-0.1, -0.05) is 68.1 Å². The number of hydrogen-bond donors (Lipinski definition) is 3. The summed E-state index contributed by atoms with van der Waals surface area (Å²) in [6.07, 6.45) is 1.19. The van der Waals surface area contributed by atoms with Crippen LogP contribution >= 0.6 is 0 Å². The van der Waals surface area contributed by atoms with Crippen molar-refractivity contribution in [3.8, 4) is 11.1 Å². The van der Waals surface area contributed by atoms with E-state index in [9.17, 15) is 14.7 Å². The van der Waals surface area contributed by atoms with Crippen LogP contribution in [0.4, 0.5) is 0 Å². The summed E-state index contributed by atoms with van der Waals surface area (Å²) in [5, 5.41) is 21.3. The van der Waals surface area contributed by atoms with Gasteiger partial charge in [0.15, 0.2) is 0 Å². The lowest BCUT2D eigenvalue weighted by molar-refractivity contribution is -0.141. The molecule has 0 aromatic heterocycles. The van der Waals surface area contributed by atoms with Crippen LogP contribution in [0.3, 0.4) is 0 Å². The smallest absolute Gasteiger partial charge is 0.306 e. The lowest BCUT2D eigenvalue weighted by Crippen LogP contribution is -2.38. The molecule has 0 aliphatic carbocycles. The van der Waals surface area contributed by atoms with Crippen LogP contribution in [0.15, 0.2) is 66.9 Å². The Hall–Kier alpha value is -3.08. The predicted octanol–water partition coefficient (Wildman–Crippen LogP) is 4.34. The van der Waals surface area contributed by atoms with Crippen molar-refractivity contribution < 1.29 is 19.8 Å².